The maximum Gasteiger partial charge on any atom is 0.303 e. The van der Waals surface area contributed by atoms with Crippen molar-refractivity contribution < 1.29 is 19.1 Å². The zero-order chi connectivity index (χ0) is 26.1. The molecule has 5 rings (SSSR count). The average molecular weight is 518 g/mol. The number of benzene rings is 3. The number of aliphatic carboxylic acids is 1. The molecule has 1 aliphatic heterocycles. The number of H-pyrrole nitrogens is 1. The Bertz CT molecular complexity index is 1620. The van der Waals surface area contributed by atoms with Gasteiger partial charge in [0.15, 0.2) is 0 Å². The summed E-state index contributed by atoms with van der Waals surface area (Å²) in [6.45, 7) is 0. The number of hydrogen-bond donors (Lipinski definition) is 2. The number of pyridine rings is 1. The van der Waals surface area contributed by atoms with Gasteiger partial charge < -0.3 is 10.1 Å². The summed E-state index contributed by atoms with van der Waals surface area (Å²) in [7, 11) is 0. The quantitative estimate of drug-likeness (QED) is 0.351. The Balaban J connectivity index is 1.71. The molecule has 1 amide bonds. The highest BCUT2D eigenvalue weighted by molar-refractivity contribution is 6.31. The van der Waals surface area contributed by atoms with Crippen LogP contribution >= 0.6 is 11.6 Å². The Labute approximate surface area is 215 Å². The van der Waals surface area contributed by atoms with Gasteiger partial charge in [-0.3, -0.25) is 14.4 Å². The summed E-state index contributed by atoms with van der Waals surface area (Å²) in [6, 6.07) is 19.6. The zero-order valence-corrected chi connectivity index (χ0v) is 20.2. The normalized spacial score (nSPS) is 15.1. The number of carbonyl (C=O) groups excluding carboxylic acids is 1. The van der Waals surface area contributed by atoms with Gasteiger partial charge in [-0.1, -0.05) is 60.1 Å². The Hall–Kier alpha value is -4.30. The number of carbonyl (C=O) groups is 2. The molecular formula is C28H21ClFN3O4. The van der Waals surface area contributed by atoms with Crippen LogP contribution in [0.4, 0.5) is 4.39 Å². The van der Waals surface area contributed by atoms with Gasteiger partial charge in [0.1, 0.15) is 5.82 Å². The highest BCUT2D eigenvalue weighted by Gasteiger charge is 2.36. The van der Waals surface area contributed by atoms with Crippen molar-refractivity contribution in [3.8, 4) is 11.1 Å². The number of carboxylic acid groups (broad SMARTS) is 1. The van der Waals surface area contributed by atoms with Gasteiger partial charge in [-0.05, 0) is 29.8 Å². The fraction of sp³-hybridized carbons (Fsp3) is 0.143. The van der Waals surface area contributed by atoms with Crippen molar-refractivity contribution in [2.45, 2.75) is 25.3 Å². The van der Waals surface area contributed by atoms with Gasteiger partial charge in [-0.15, -0.1) is 0 Å². The van der Waals surface area contributed by atoms with Crippen molar-refractivity contribution >= 4 is 40.1 Å². The molecule has 1 aliphatic rings. The monoisotopic (exact) mass is 517 g/mol. The zero-order valence-electron chi connectivity index (χ0n) is 19.4. The van der Waals surface area contributed by atoms with E-state index >= 15 is 0 Å². The predicted octanol–water partition coefficient (Wildman–Crippen LogP) is 5.53. The summed E-state index contributed by atoms with van der Waals surface area (Å²) >= 11 is 6.31. The van der Waals surface area contributed by atoms with Crippen LogP contribution in [0, 0.1) is 5.82 Å². The van der Waals surface area contributed by atoms with Gasteiger partial charge >= 0.3 is 5.97 Å². The lowest BCUT2D eigenvalue weighted by molar-refractivity contribution is -0.141. The van der Waals surface area contributed by atoms with Crippen LogP contribution in [0.5, 0.6) is 0 Å². The number of aromatic nitrogens is 1. The summed E-state index contributed by atoms with van der Waals surface area (Å²) in [4.78, 5) is 40.5. The van der Waals surface area contributed by atoms with Gasteiger partial charge in [0, 0.05) is 39.9 Å². The molecule has 7 nitrogen and oxygen atoms in total. The minimum absolute atomic E-state index is 0.0642. The maximum absolute atomic E-state index is 14.8. The van der Waals surface area contributed by atoms with Crippen molar-refractivity contribution in [3.63, 3.8) is 0 Å². The van der Waals surface area contributed by atoms with E-state index < -0.39 is 35.7 Å². The van der Waals surface area contributed by atoms with Crippen LogP contribution < -0.4 is 5.56 Å². The summed E-state index contributed by atoms with van der Waals surface area (Å²) < 4.78 is 14.8. The first kappa shape index (κ1) is 24.4. The Morgan fingerprint density at radius 1 is 1.03 bits per heavy atom. The topological polar surface area (TPSA) is 103 Å². The molecule has 0 spiro atoms. The lowest BCUT2D eigenvalue weighted by Crippen LogP contribution is -2.28. The van der Waals surface area contributed by atoms with Gasteiger partial charge in [0.05, 0.1) is 23.7 Å². The third kappa shape index (κ3) is 4.75. The Kier molecular flexibility index (Phi) is 6.58. The van der Waals surface area contributed by atoms with Crippen LogP contribution in [0.3, 0.4) is 0 Å². The summed E-state index contributed by atoms with van der Waals surface area (Å²) in [5.41, 5.74) is 2.26. The number of aromatic amines is 1. The van der Waals surface area contributed by atoms with Crippen LogP contribution in [0.1, 0.15) is 36.4 Å². The fourth-order valence-corrected chi connectivity index (χ4v) is 4.82. The van der Waals surface area contributed by atoms with Gasteiger partial charge in [-0.2, -0.15) is 5.10 Å². The molecule has 186 valence electrons. The van der Waals surface area contributed by atoms with Crippen molar-refractivity contribution in [2.75, 3.05) is 0 Å². The van der Waals surface area contributed by atoms with Crippen molar-refractivity contribution in [1.82, 2.24) is 9.99 Å². The van der Waals surface area contributed by atoms with Gasteiger partial charge in [0.2, 0.25) is 5.91 Å². The molecule has 4 aromatic rings. The van der Waals surface area contributed by atoms with E-state index in [1.807, 2.05) is 30.3 Å². The van der Waals surface area contributed by atoms with Crippen molar-refractivity contribution in [2.24, 2.45) is 5.10 Å². The van der Waals surface area contributed by atoms with E-state index in [2.05, 4.69) is 10.1 Å². The molecule has 0 radical (unpaired) electrons. The fourth-order valence-electron chi connectivity index (χ4n) is 4.65. The molecule has 1 atom stereocenters. The Morgan fingerprint density at radius 2 is 1.76 bits per heavy atom. The molecule has 37 heavy (non-hydrogen) atoms. The number of amides is 1. The molecule has 1 aromatic heterocycles. The molecule has 2 N–H and O–H groups in total. The highest BCUT2D eigenvalue weighted by Crippen LogP contribution is 2.38. The second kappa shape index (κ2) is 9.99. The molecule has 0 bridgehead atoms. The van der Waals surface area contributed by atoms with Crippen molar-refractivity contribution in [1.29, 1.82) is 0 Å². The third-order valence-electron chi connectivity index (χ3n) is 6.31. The second-order valence-corrected chi connectivity index (χ2v) is 9.12. The van der Waals surface area contributed by atoms with E-state index in [1.165, 1.54) is 12.1 Å². The first-order valence-electron chi connectivity index (χ1n) is 11.6. The van der Waals surface area contributed by atoms with E-state index in [9.17, 15) is 18.8 Å². The number of hydrogen-bond acceptors (Lipinski definition) is 4. The van der Waals surface area contributed by atoms with E-state index in [1.54, 1.807) is 30.3 Å². The van der Waals surface area contributed by atoms with Crippen molar-refractivity contribution in [3.05, 3.63) is 105 Å². The molecule has 0 aliphatic carbocycles. The standard InChI is InChI=1S/C28H21ClFN3O4/c29-17-10-11-21-19(14-17)26(16-6-2-1-3-7-16)27(28(37)31-21)22-15-23(18-8-4-5-9-20(18)30)33(32-22)24(34)12-13-25(35)36/h1-11,14,23H,12-13,15H2,(H,31,37)(H,35,36)/t23-/m1/s1. The highest BCUT2D eigenvalue weighted by atomic mass is 35.5. The molecule has 0 saturated heterocycles. The largest absolute Gasteiger partial charge is 0.481 e. The minimum Gasteiger partial charge on any atom is -0.481 e. The first-order chi connectivity index (χ1) is 17.8. The molecule has 9 heteroatoms. The summed E-state index contributed by atoms with van der Waals surface area (Å²) in [5, 5.41) is 15.8. The SMILES string of the molecule is O=C(O)CCC(=O)N1N=C(c2c(-c3ccccc3)c3cc(Cl)ccc3[nH]c2=O)C[C@@H]1c1ccccc1F. The van der Waals surface area contributed by atoms with E-state index in [0.29, 0.717) is 27.2 Å². The minimum atomic E-state index is -1.13. The number of rotatable bonds is 6. The van der Waals surface area contributed by atoms with Crippen LogP contribution in [0.15, 0.2) is 82.7 Å². The molecule has 0 fully saturated rings. The molecule has 0 unspecified atom stereocenters. The lowest BCUT2D eigenvalue weighted by atomic mass is 9.91. The number of fused-ring (bicyclic) bond motifs is 1. The number of halogens is 2. The van der Waals surface area contributed by atoms with E-state index in [4.69, 9.17) is 16.7 Å². The van der Waals surface area contributed by atoms with Crippen LogP contribution in [0.25, 0.3) is 22.0 Å². The molecular weight excluding hydrogens is 497 g/mol. The third-order valence-corrected chi connectivity index (χ3v) is 6.55. The number of hydrazone groups is 1. The summed E-state index contributed by atoms with van der Waals surface area (Å²) in [5.74, 6) is -2.23. The maximum atomic E-state index is 14.8. The van der Waals surface area contributed by atoms with Crippen LogP contribution in [-0.2, 0) is 9.59 Å². The lowest BCUT2D eigenvalue weighted by Gasteiger charge is -2.22. The predicted molar refractivity (Wildman–Crippen MR) is 139 cm³/mol. The molecule has 3 aromatic carbocycles. The molecule has 2 heterocycles. The first-order valence-corrected chi connectivity index (χ1v) is 12.0. The van der Waals surface area contributed by atoms with E-state index in [-0.39, 0.29) is 24.0 Å². The van der Waals surface area contributed by atoms with Gasteiger partial charge in [0.25, 0.3) is 5.56 Å². The van der Waals surface area contributed by atoms with E-state index in [0.717, 1.165) is 10.6 Å². The smallest absolute Gasteiger partial charge is 0.303 e. The molecule has 0 saturated carbocycles. The number of nitrogens with zero attached hydrogens (tertiary/aromatic N) is 2. The number of nitrogens with one attached hydrogen (secondary N) is 1. The van der Waals surface area contributed by atoms with Gasteiger partial charge in [-0.25, -0.2) is 9.40 Å². The van der Waals surface area contributed by atoms with Crippen LogP contribution in [0.2, 0.25) is 5.02 Å². The average Bonchev–Trinajstić information content (AvgIpc) is 3.32. The van der Waals surface area contributed by atoms with Crippen LogP contribution in [-0.4, -0.2) is 32.7 Å². The Morgan fingerprint density at radius 3 is 2.49 bits per heavy atom. The number of carboxylic acids is 1. The second-order valence-electron chi connectivity index (χ2n) is 8.68. The summed E-state index contributed by atoms with van der Waals surface area (Å²) in [6.07, 6.45) is -0.643.